The number of benzene rings is 2. The lowest BCUT2D eigenvalue weighted by atomic mass is 9.39. The number of nitrogens with zero attached hydrogens (tertiary/aromatic N) is 5. The average molecular weight is 808 g/mol. The normalized spacial score (nSPS) is 26.4. The lowest BCUT2D eigenvalue weighted by Crippen LogP contribution is -2.63. The fourth-order valence-corrected chi connectivity index (χ4v) is 13.2. The number of aryl methyl sites for hydroxylation is 1. The van der Waals surface area contributed by atoms with E-state index >= 15 is 0 Å². The number of anilines is 2. The van der Waals surface area contributed by atoms with E-state index in [1.807, 2.05) is 55.7 Å². The minimum Gasteiger partial charge on any atom is -0.363 e. The van der Waals surface area contributed by atoms with Gasteiger partial charge in [-0.25, -0.2) is 9.97 Å². The van der Waals surface area contributed by atoms with Crippen LogP contribution < -0.4 is 15.5 Å². The van der Waals surface area contributed by atoms with Crippen LogP contribution in [0.1, 0.15) is 104 Å². The molecule has 4 N–H and O–H groups in total. The van der Waals surface area contributed by atoms with Crippen molar-refractivity contribution >= 4 is 51.3 Å². The number of aliphatic hydroxyl groups is 2. The molecule has 300 valence electrons. The number of hydrogen-bond acceptors (Lipinski definition) is 11. The van der Waals surface area contributed by atoms with Crippen LogP contribution >= 0.6 is 24.2 Å². The first kappa shape index (κ1) is 38.7. The highest BCUT2D eigenvalue weighted by Crippen LogP contribution is 2.72. The van der Waals surface area contributed by atoms with Gasteiger partial charge in [-0.05, 0) is 154 Å². The van der Waals surface area contributed by atoms with E-state index in [0.29, 0.717) is 35.2 Å². The quantitative estimate of drug-likeness (QED) is 0.0370. The Hall–Kier alpha value is -3.85. The van der Waals surface area contributed by atoms with Crippen LogP contribution in [0.15, 0.2) is 54.7 Å². The molecule has 4 aliphatic carbocycles. The standard InChI is InChI=1S/C44H53N7O4S2/c1-27-32(18-46-51(27)26-43-21-41(2)20-42(3,22-43)24-44(23-41,25-43)55-56)30-11-12-36(48-37(30)39(53)54)50-15-13-29-16-28(8-7-14-45-4)17-31(33(29)19-50)38(52)49-40-47-34-9-5-6-10-35(34)57-40/h5-6,9-12,16-18,39,45,53-54,56H,7-8,13-15,19-26H2,1-4H3,(H,47,49,52). The van der Waals surface area contributed by atoms with Crippen LogP contribution in [0.3, 0.4) is 0 Å². The van der Waals surface area contributed by atoms with Crippen LogP contribution in [0.5, 0.6) is 0 Å². The number of nitrogens with one attached hydrogen (secondary N) is 2. The Bertz CT molecular complexity index is 2300. The Kier molecular flexibility index (Phi) is 9.80. The molecule has 1 amide bonds. The van der Waals surface area contributed by atoms with Crippen molar-refractivity contribution in [3.8, 4) is 11.1 Å². The van der Waals surface area contributed by atoms with Crippen molar-refractivity contribution in [2.24, 2.45) is 16.2 Å². The van der Waals surface area contributed by atoms with E-state index in [4.69, 9.17) is 14.3 Å². The summed E-state index contributed by atoms with van der Waals surface area (Å²) in [6.07, 6.45) is 9.19. The summed E-state index contributed by atoms with van der Waals surface area (Å²) in [6.45, 7) is 9.72. The summed E-state index contributed by atoms with van der Waals surface area (Å²) < 4.78 is 9.15. The van der Waals surface area contributed by atoms with Crippen molar-refractivity contribution in [2.75, 3.05) is 30.4 Å². The van der Waals surface area contributed by atoms with Gasteiger partial charge < -0.3 is 24.6 Å². The van der Waals surface area contributed by atoms with Crippen molar-refractivity contribution in [3.05, 3.63) is 88.4 Å². The summed E-state index contributed by atoms with van der Waals surface area (Å²) in [5.41, 5.74) is 7.65. The summed E-state index contributed by atoms with van der Waals surface area (Å²) in [5, 5.41) is 33.3. The van der Waals surface area contributed by atoms with Gasteiger partial charge in [-0.1, -0.05) is 43.4 Å². The van der Waals surface area contributed by atoms with Crippen LogP contribution in [0, 0.1) is 23.2 Å². The zero-order valence-corrected chi connectivity index (χ0v) is 35.0. The summed E-state index contributed by atoms with van der Waals surface area (Å²) >= 11 is 5.89. The molecule has 2 atom stereocenters. The van der Waals surface area contributed by atoms with Crippen LogP contribution in [-0.4, -0.2) is 61.6 Å². The molecule has 5 aliphatic rings. The molecule has 2 unspecified atom stereocenters. The molecule has 5 aromatic rings. The first-order valence-corrected chi connectivity index (χ1v) is 21.4. The van der Waals surface area contributed by atoms with Gasteiger partial charge in [-0.3, -0.25) is 14.8 Å². The van der Waals surface area contributed by atoms with E-state index in [2.05, 4.69) is 64.9 Å². The fourth-order valence-electron chi connectivity index (χ4n) is 12.2. The predicted molar refractivity (Wildman–Crippen MR) is 228 cm³/mol. The maximum Gasteiger partial charge on any atom is 0.257 e. The number of pyridine rings is 1. The van der Waals surface area contributed by atoms with E-state index in [9.17, 15) is 15.0 Å². The van der Waals surface area contributed by atoms with Gasteiger partial charge in [0, 0.05) is 42.0 Å². The zero-order chi connectivity index (χ0) is 39.7. The summed E-state index contributed by atoms with van der Waals surface area (Å²) in [7, 11) is 1.95. The second kappa shape index (κ2) is 14.5. The third-order valence-electron chi connectivity index (χ3n) is 13.3. The average Bonchev–Trinajstić information content (AvgIpc) is 3.74. The van der Waals surface area contributed by atoms with Crippen LogP contribution in [0.25, 0.3) is 21.3 Å². The number of amides is 1. The van der Waals surface area contributed by atoms with Gasteiger partial charge in [0.1, 0.15) is 11.5 Å². The molecule has 4 bridgehead atoms. The number of thiol groups is 1. The Morgan fingerprint density at radius 1 is 1.02 bits per heavy atom. The molecular weight excluding hydrogens is 755 g/mol. The predicted octanol–water partition coefficient (Wildman–Crippen LogP) is 7.79. The SMILES string of the molecule is CNCCCc1cc2c(c(C(=O)Nc3nc4ccccc4s3)c1)CN(c1ccc(-c3cnn(CC45CC6(C)CC(C)(C4)CC(OS)(C6)C5)c3C)c(C(O)O)n1)CC2. The molecule has 0 spiro atoms. The van der Waals surface area contributed by atoms with Gasteiger partial charge in [0.25, 0.3) is 5.91 Å². The minimum absolute atomic E-state index is 0.0542. The lowest BCUT2D eigenvalue weighted by molar-refractivity contribution is -0.213. The first-order valence-electron chi connectivity index (χ1n) is 20.2. The van der Waals surface area contributed by atoms with Crippen LogP contribution in [-0.2, 0) is 30.1 Å². The largest absolute Gasteiger partial charge is 0.363 e. The van der Waals surface area contributed by atoms with Crippen LogP contribution in [0.4, 0.5) is 10.9 Å². The van der Waals surface area contributed by atoms with Gasteiger partial charge in [-0.2, -0.15) is 5.10 Å². The molecule has 1 aliphatic heterocycles. The number of aliphatic hydroxyl groups excluding tert-OH is 1. The van der Waals surface area contributed by atoms with E-state index < -0.39 is 6.29 Å². The third-order valence-corrected chi connectivity index (χ3v) is 14.6. The number of thiazole rings is 1. The van der Waals surface area contributed by atoms with Crippen molar-refractivity contribution in [1.29, 1.82) is 0 Å². The minimum atomic E-state index is -1.79. The second-order valence-electron chi connectivity index (χ2n) is 18.3. The van der Waals surface area contributed by atoms with Gasteiger partial charge in [0.05, 0.1) is 22.0 Å². The summed E-state index contributed by atoms with van der Waals surface area (Å²) in [5.74, 6) is 0.440. The van der Waals surface area contributed by atoms with Gasteiger partial charge in [-0.15, -0.1) is 0 Å². The van der Waals surface area contributed by atoms with Gasteiger partial charge in [0.2, 0.25) is 0 Å². The Morgan fingerprint density at radius 2 is 1.81 bits per heavy atom. The maximum absolute atomic E-state index is 14.1. The highest BCUT2D eigenvalue weighted by Gasteiger charge is 2.66. The summed E-state index contributed by atoms with van der Waals surface area (Å²) in [4.78, 5) is 25.7. The van der Waals surface area contributed by atoms with Crippen molar-refractivity contribution in [1.82, 2.24) is 25.1 Å². The van der Waals surface area contributed by atoms with E-state index in [1.165, 1.54) is 17.8 Å². The monoisotopic (exact) mass is 807 g/mol. The lowest BCUT2D eigenvalue weighted by Gasteiger charge is -2.68. The van der Waals surface area contributed by atoms with Crippen LogP contribution in [0.2, 0.25) is 0 Å². The molecular formula is C44H53N7O4S2. The molecule has 0 saturated heterocycles. The molecule has 4 saturated carbocycles. The van der Waals surface area contributed by atoms with E-state index in [0.717, 1.165) is 103 Å². The Labute approximate surface area is 343 Å². The van der Waals surface area contributed by atoms with E-state index in [-0.39, 0.29) is 33.4 Å². The topological polar surface area (TPSA) is 138 Å². The van der Waals surface area contributed by atoms with Crippen molar-refractivity contribution in [2.45, 2.75) is 104 Å². The second-order valence-corrected chi connectivity index (χ2v) is 19.5. The smallest absolute Gasteiger partial charge is 0.257 e. The number of fused-ring (bicyclic) bond motifs is 2. The molecule has 2 aromatic carbocycles. The highest BCUT2D eigenvalue weighted by atomic mass is 32.1. The molecule has 3 aromatic heterocycles. The van der Waals surface area contributed by atoms with Crippen molar-refractivity contribution < 1.29 is 19.2 Å². The Morgan fingerprint density at radius 3 is 2.54 bits per heavy atom. The number of carbonyl (C=O) groups excluding carboxylic acids is 1. The third kappa shape index (κ3) is 7.18. The van der Waals surface area contributed by atoms with Crippen molar-refractivity contribution in [3.63, 3.8) is 0 Å². The van der Waals surface area contributed by atoms with Gasteiger partial charge in [0.15, 0.2) is 11.4 Å². The molecule has 0 radical (unpaired) electrons. The van der Waals surface area contributed by atoms with E-state index in [1.54, 1.807) is 0 Å². The molecule has 4 fully saturated rings. The fraction of sp³-hybridized carbons (Fsp3) is 0.500. The Balaban J connectivity index is 0.991. The number of carbonyl (C=O) groups is 1. The van der Waals surface area contributed by atoms with Gasteiger partial charge >= 0.3 is 0 Å². The molecule has 13 heteroatoms. The molecule has 11 nitrogen and oxygen atoms in total. The first-order chi connectivity index (χ1) is 27.3. The molecule has 10 rings (SSSR count). The molecule has 4 heterocycles. The number of para-hydroxylation sites is 1. The highest BCUT2D eigenvalue weighted by molar-refractivity contribution is 7.75. The summed E-state index contributed by atoms with van der Waals surface area (Å²) in [6, 6.07) is 16.0. The number of aromatic nitrogens is 4. The zero-order valence-electron chi connectivity index (χ0n) is 33.3. The number of rotatable bonds is 12. The molecule has 57 heavy (non-hydrogen) atoms. The maximum atomic E-state index is 14.1. The number of hydrogen-bond donors (Lipinski definition) is 5.